The summed E-state index contributed by atoms with van der Waals surface area (Å²) in [5, 5.41) is 30.7. The van der Waals surface area contributed by atoms with Crippen LogP contribution in [-0.2, 0) is 9.53 Å². The van der Waals surface area contributed by atoms with Gasteiger partial charge in [-0.15, -0.1) is 0 Å². The molecule has 9 unspecified atom stereocenters. The van der Waals surface area contributed by atoms with Gasteiger partial charge in [0.1, 0.15) is 6.10 Å². The summed E-state index contributed by atoms with van der Waals surface area (Å²) >= 11 is 0. The molecule has 0 aromatic heterocycles. The van der Waals surface area contributed by atoms with Gasteiger partial charge < -0.3 is 20.1 Å². The molecule has 5 heteroatoms. The zero-order valence-electron chi connectivity index (χ0n) is 27.5. The van der Waals surface area contributed by atoms with Gasteiger partial charge in [0.2, 0.25) is 0 Å². The van der Waals surface area contributed by atoms with Crippen LogP contribution in [-0.4, -0.2) is 33.0 Å². The van der Waals surface area contributed by atoms with E-state index in [1.807, 2.05) is 0 Å². The van der Waals surface area contributed by atoms with Crippen LogP contribution in [0.1, 0.15) is 112 Å². The highest BCUT2D eigenvalue weighted by Crippen LogP contribution is 2.75. The van der Waals surface area contributed by atoms with Crippen molar-refractivity contribution in [3.05, 3.63) is 41.5 Å². The van der Waals surface area contributed by atoms with Crippen LogP contribution < -0.4 is 0 Å². The standard InChI is InChI=1S/C38H54O5/c1-23-26-14-17-37(6)31(12-10-27-33-24(2)38(7,42)21-19-34(33,3)18-20-36(27,37)5)35(26,4)16-15-30(23)43-32(41)13-9-25-8-11-28(39)29(40)22-25/h8-11,13,22-24,26,30-31,33,39-40,42H,12,14-21H2,1-7H3/b13-9+/t23?,24?,26?,30?,31?,33?,34?,35?,36-,37?,38+/m1/s1. The van der Waals surface area contributed by atoms with Crippen molar-refractivity contribution in [3.63, 3.8) is 0 Å². The second-order valence-corrected chi connectivity index (χ2v) is 16.6. The molecule has 4 fully saturated rings. The van der Waals surface area contributed by atoms with Crippen molar-refractivity contribution in [1.29, 1.82) is 0 Å². The Morgan fingerprint density at radius 1 is 0.930 bits per heavy atom. The average Bonchev–Trinajstić information content (AvgIpc) is 2.94. The number of rotatable bonds is 3. The highest BCUT2D eigenvalue weighted by molar-refractivity contribution is 5.87. The third-order valence-electron chi connectivity index (χ3n) is 14.7. The first-order valence-corrected chi connectivity index (χ1v) is 16.9. The Morgan fingerprint density at radius 2 is 1.65 bits per heavy atom. The number of phenols is 2. The van der Waals surface area contributed by atoms with E-state index < -0.39 is 5.60 Å². The van der Waals surface area contributed by atoms with Gasteiger partial charge in [0.05, 0.1) is 5.60 Å². The van der Waals surface area contributed by atoms with E-state index in [4.69, 9.17) is 4.74 Å². The van der Waals surface area contributed by atoms with Gasteiger partial charge in [0, 0.05) is 6.08 Å². The number of aromatic hydroxyl groups is 2. The van der Waals surface area contributed by atoms with E-state index in [-0.39, 0.29) is 51.2 Å². The fourth-order valence-electron chi connectivity index (χ4n) is 11.5. The summed E-state index contributed by atoms with van der Waals surface area (Å²) < 4.78 is 6.07. The number of aliphatic hydroxyl groups is 1. The van der Waals surface area contributed by atoms with Crippen LogP contribution >= 0.6 is 0 Å². The zero-order valence-corrected chi connectivity index (χ0v) is 27.5. The quantitative estimate of drug-likeness (QED) is 0.142. The molecule has 43 heavy (non-hydrogen) atoms. The Hall–Kier alpha value is -2.27. The smallest absolute Gasteiger partial charge is 0.331 e. The van der Waals surface area contributed by atoms with Crippen molar-refractivity contribution in [3.8, 4) is 11.5 Å². The number of ether oxygens (including phenoxy) is 1. The second-order valence-electron chi connectivity index (χ2n) is 16.6. The molecule has 5 aliphatic carbocycles. The first-order chi connectivity index (χ1) is 20.1. The first kappa shape index (κ1) is 30.7. The van der Waals surface area contributed by atoms with E-state index in [0.717, 1.165) is 32.1 Å². The van der Waals surface area contributed by atoms with Crippen molar-refractivity contribution in [1.82, 2.24) is 0 Å². The van der Waals surface area contributed by atoms with Gasteiger partial charge in [-0.3, -0.25) is 0 Å². The normalized spacial score (nSPS) is 47.5. The molecule has 1 aromatic carbocycles. The summed E-state index contributed by atoms with van der Waals surface area (Å²) in [6.45, 7) is 16.9. The number of allylic oxidation sites excluding steroid dienone is 2. The third kappa shape index (κ3) is 4.53. The molecule has 0 saturated heterocycles. The molecule has 6 rings (SSSR count). The summed E-state index contributed by atoms with van der Waals surface area (Å²) in [6.07, 6.45) is 15.6. The molecular formula is C38H54O5. The number of esters is 1. The van der Waals surface area contributed by atoms with Crippen LogP contribution in [0.5, 0.6) is 11.5 Å². The van der Waals surface area contributed by atoms with Gasteiger partial charge in [-0.1, -0.05) is 59.3 Å². The molecule has 0 heterocycles. The fraction of sp³-hybridized carbons (Fsp3) is 0.711. The highest BCUT2D eigenvalue weighted by Gasteiger charge is 2.67. The van der Waals surface area contributed by atoms with Gasteiger partial charge in [0.15, 0.2) is 11.5 Å². The lowest BCUT2D eigenvalue weighted by atomic mass is 9.34. The van der Waals surface area contributed by atoms with Crippen LogP contribution in [0.15, 0.2) is 35.9 Å². The summed E-state index contributed by atoms with van der Waals surface area (Å²) in [4.78, 5) is 12.9. The largest absolute Gasteiger partial charge is 0.504 e. The molecule has 3 N–H and O–H groups in total. The Bertz CT molecular complexity index is 1340. The molecule has 236 valence electrons. The predicted molar refractivity (Wildman–Crippen MR) is 170 cm³/mol. The van der Waals surface area contributed by atoms with Gasteiger partial charge >= 0.3 is 5.97 Å². The molecule has 5 nitrogen and oxygen atoms in total. The molecule has 0 spiro atoms. The Labute approximate surface area is 258 Å². The number of hydrogen-bond donors (Lipinski definition) is 3. The van der Waals surface area contributed by atoms with E-state index in [2.05, 4.69) is 54.5 Å². The first-order valence-electron chi connectivity index (χ1n) is 16.9. The van der Waals surface area contributed by atoms with E-state index in [9.17, 15) is 20.1 Å². The van der Waals surface area contributed by atoms with Crippen molar-refractivity contribution < 1.29 is 24.9 Å². The van der Waals surface area contributed by atoms with Crippen LogP contribution in [0.4, 0.5) is 0 Å². The SMILES string of the molecule is CC1C(OC(=O)/C=C/c2ccc(O)c(O)c2)CCC2(C)C1CCC1(C)C2CC=C2C3C(C)[C@@](C)(O)CCC3(C)CC[C@]21C. The maximum atomic E-state index is 12.9. The lowest BCUT2D eigenvalue weighted by Crippen LogP contribution is -2.64. The van der Waals surface area contributed by atoms with Crippen molar-refractivity contribution >= 4 is 12.0 Å². The zero-order chi connectivity index (χ0) is 31.2. The van der Waals surface area contributed by atoms with Gasteiger partial charge in [-0.05, 0) is 140 Å². The molecule has 0 amide bonds. The Balaban J connectivity index is 1.22. The van der Waals surface area contributed by atoms with E-state index in [0.29, 0.717) is 29.2 Å². The summed E-state index contributed by atoms with van der Waals surface area (Å²) in [6, 6.07) is 4.50. The van der Waals surface area contributed by atoms with Crippen LogP contribution in [0.3, 0.4) is 0 Å². The van der Waals surface area contributed by atoms with Crippen molar-refractivity contribution in [2.75, 3.05) is 0 Å². The fourth-order valence-corrected chi connectivity index (χ4v) is 11.5. The van der Waals surface area contributed by atoms with Crippen molar-refractivity contribution in [2.24, 2.45) is 51.2 Å². The Morgan fingerprint density at radius 3 is 2.37 bits per heavy atom. The van der Waals surface area contributed by atoms with Gasteiger partial charge in [0.25, 0.3) is 0 Å². The molecule has 4 saturated carbocycles. The molecule has 0 radical (unpaired) electrons. The highest BCUT2D eigenvalue weighted by atomic mass is 16.5. The molecule has 11 atom stereocenters. The Kier molecular flexibility index (Phi) is 7.24. The molecule has 0 aliphatic heterocycles. The lowest BCUT2D eigenvalue weighted by Gasteiger charge is -2.71. The van der Waals surface area contributed by atoms with Crippen LogP contribution in [0, 0.1) is 51.2 Å². The second kappa shape index (κ2) is 10.1. The minimum absolute atomic E-state index is 0.0983. The number of phenolic OH excluding ortho intramolecular Hbond substituents is 2. The van der Waals surface area contributed by atoms with E-state index >= 15 is 0 Å². The van der Waals surface area contributed by atoms with Crippen molar-refractivity contribution in [2.45, 2.75) is 118 Å². The summed E-state index contributed by atoms with van der Waals surface area (Å²) in [5.41, 5.74) is 2.55. The molecule has 0 bridgehead atoms. The number of carbonyl (C=O) groups is 1. The minimum atomic E-state index is -0.600. The number of carbonyl (C=O) groups excluding carboxylic acids is 1. The topological polar surface area (TPSA) is 87.0 Å². The summed E-state index contributed by atoms with van der Waals surface area (Å²) in [5.74, 6) is 1.37. The number of benzene rings is 1. The van der Waals surface area contributed by atoms with E-state index in [1.54, 1.807) is 17.7 Å². The molecule has 1 aromatic rings. The van der Waals surface area contributed by atoms with Gasteiger partial charge in [-0.2, -0.15) is 0 Å². The number of fused-ring (bicyclic) bond motifs is 7. The van der Waals surface area contributed by atoms with Gasteiger partial charge in [-0.25, -0.2) is 4.79 Å². The third-order valence-corrected chi connectivity index (χ3v) is 14.7. The molecular weight excluding hydrogens is 536 g/mol. The van der Waals surface area contributed by atoms with Crippen LogP contribution in [0.25, 0.3) is 6.08 Å². The predicted octanol–water partition coefficient (Wildman–Crippen LogP) is 8.43. The lowest BCUT2D eigenvalue weighted by molar-refractivity contribution is -0.193. The average molecular weight is 591 g/mol. The minimum Gasteiger partial charge on any atom is -0.504 e. The van der Waals surface area contributed by atoms with E-state index in [1.165, 1.54) is 43.9 Å². The summed E-state index contributed by atoms with van der Waals surface area (Å²) in [7, 11) is 0. The number of hydrogen-bond acceptors (Lipinski definition) is 5. The monoisotopic (exact) mass is 590 g/mol. The van der Waals surface area contributed by atoms with Crippen LogP contribution in [0.2, 0.25) is 0 Å². The maximum absolute atomic E-state index is 12.9. The maximum Gasteiger partial charge on any atom is 0.331 e. The molecule has 5 aliphatic rings.